The van der Waals surface area contributed by atoms with Crippen LogP contribution in [0.1, 0.15) is 41.7 Å². The van der Waals surface area contributed by atoms with E-state index in [0.29, 0.717) is 54.1 Å². The summed E-state index contributed by atoms with van der Waals surface area (Å²) in [5, 5.41) is 14.3. The van der Waals surface area contributed by atoms with Gasteiger partial charge in [0.05, 0.1) is 16.7 Å². The number of anilines is 2. The van der Waals surface area contributed by atoms with Crippen molar-refractivity contribution in [3.63, 3.8) is 0 Å². The zero-order valence-electron chi connectivity index (χ0n) is 19.2. The average Bonchev–Trinajstić information content (AvgIpc) is 3.49. The Hall–Kier alpha value is -3.98. The van der Waals surface area contributed by atoms with Gasteiger partial charge in [-0.1, -0.05) is 11.7 Å². The van der Waals surface area contributed by atoms with Gasteiger partial charge in [0, 0.05) is 42.7 Å². The number of amides is 1. The molecule has 12 heteroatoms. The molecule has 1 aliphatic carbocycles. The fraction of sp³-hybridized carbons (Fsp3) is 0.391. The fourth-order valence-corrected chi connectivity index (χ4v) is 6.07. The molecule has 0 bridgehead atoms. The third-order valence-corrected chi connectivity index (χ3v) is 7.79. The smallest absolute Gasteiger partial charge is 0.347 e. The molecule has 0 aromatic carbocycles. The fourth-order valence-electron chi connectivity index (χ4n) is 4.88. The third-order valence-electron chi connectivity index (χ3n) is 6.71. The number of nitrogens with zero attached hydrogens (tertiary/aromatic N) is 6. The zero-order chi connectivity index (χ0) is 24.7. The molecule has 1 aliphatic heterocycles. The summed E-state index contributed by atoms with van der Waals surface area (Å²) in [6.45, 7) is 7.59. The van der Waals surface area contributed by atoms with E-state index in [1.807, 2.05) is 11.8 Å². The molecule has 3 N–H and O–H groups in total. The largest absolute Gasteiger partial charge is 0.389 e. The van der Waals surface area contributed by atoms with E-state index in [4.69, 9.17) is 10.3 Å². The number of rotatable bonds is 4. The van der Waals surface area contributed by atoms with Gasteiger partial charge in [-0.05, 0) is 32.3 Å². The summed E-state index contributed by atoms with van der Waals surface area (Å²) in [6, 6.07) is 3.94. The second-order valence-corrected chi connectivity index (χ2v) is 9.97. The third kappa shape index (κ3) is 3.87. The Labute approximate surface area is 204 Å². The van der Waals surface area contributed by atoms with Crippen molar-refractivity contribution in [1.82, 2.24) is 25.0 Å². The minimum absolute atomic E-state index is 0.116. The first-order chi connectivity index (χ1) is 16.8. The van der Waals surface area contributed by atoms with Gasteiger partial charge in [0.1, 0.15) is 16.9 Å². The van der Waals surface area contributed by atoms with Gasteiger partial charge in [-0.2, -0.15) is 15.2 Å². The zero-order valence-corrected chi connectivity index (χ0v) is 20.0. The van der Waals surface area contributed by atoms with E-state index in [1.54, 1.807) is 11.0 Å². The molecule has 1 amide bonds. The van der Waals surface area contributed by atoms with Gasteiger partial charge in [0.15, 0.2) is 0 Å². The number of nitrogen functional groups attached to an aromatic ring is 1. The Morgan fingerprint density at radius 2 is 2.14 bits per heavy atom. The molecule has 3 aromatic rings. The summed E-state index contributed by atoms with van der Waals surface area (Å²) in [6.07, 6.45) is 3.79. The van der Waals surface area contributed by atoms with Gasteiger partial charge >= 0.3 is 5.69 Å². The SMILES string of the molecule is C=CC(=O)N1CCN(c2cc(-c3noc([C@@]4(C)CCCc5sc(N)c(C#N)c54)n3)[nH]c(=O)n2)CC1. The first-order valence-electron chi connectivity index (χ1n) is 11.3. The summed E-state index contributed by atoms with van der Waals surface area (Å²) in [7, 11) is 0. The van der Waals surface area contributed by atoms with Crippen LogP contribution < -0.4 is 16.3 Å². The molecule has 35 heavy (non-hydrogen) atoms. The standard InChI is InChI=1S/C23H24N8O3S/c1-3-17(32)31-9-7-30(8-10-31)16-11-14(26-22(33)27-16)20-28-21(34-29-20)23(2)6-4-5-15-18(23)13(12-24)19(25)35-15/h3,11H,1,4-10,25H2,2H3,(H,26,27,33)/t23-/m0/s1. The van der Waals surface area contributed by atoms with E-state index >= 15 is 0 Å². The maximum Gasteiger partial charge on any atom is 0.347 e. The lowest BCUT2D eigenvalue weighted by Crippen LogP contribution is -2.48. The van der Waals surface area contributed by atoms with Crippen LogP contribution in [0, 0.1) is 11.3 Å². The minimum atomic E-state index is -0.651. The van der Waals surface area contributed by atoms with E-state index in [2.05, 4.69) is 32.8 Å². The van der Waals surface area contributed by atoms with Crippen molar-refractivity contribution in [1.29, 1.82) is 5.26 Å². The van der Waals surface area contributed by atoms with Crippen molar-refractivity contribution < 1.29 is 9.32 Å². The van der Waals surface area contributed by atoms with Crippen LogP contribution in [0.2, 0.25) is 0 Å². The lowest BCUT2D eigenvalue weighted by Gasteiger charge is -2.34. The molecule has 3 aromatic heterocycles. The molecule has 5 rings (SSSR count). The Balaban J connectivity index is 1.45. The summed E-state index contributed by atoms with van der Waals surface area (Å²) in [5.41, 5.74) is 6.65. The number of H-pyrrole nitrogens is 1. The van der Waals surface area contributed by atoms with Crippen molar-refractivity contribution in [2.24, 2.45) is 0 Å². The van der Waals surface area contributed by atoms with Gasteiger partial charge < -0.3 is 25.0 Å². The molecular weight excluding hydrogens is 468 g/mol. The number of carbonyl (C=O) groups is 1. The van der Waals surface area contributed by atoms with Crippen molar-refractivity contribution in [2.75, 3.05) is 36.8 Å². The highest BCUT2D eigenvalue weighted by Gasteiger charge is 2.43. The Kier molecular flexibility index (Phi) is 5.64. The molecule has 1 atom stereocenters. The summed E-state index contributed by atoms with van der Waals surface area (Å²) < 4.78 is 5.69. The van der Waals surface area contributed by atoms with E-state index in [1.165, 1.54) is 17.4 Å². The number of aryl methyl sites for hydroxylation is 1. The molecule has 0 saturated carbocycles. The average molecular weight is 493 g/mol. The van der Waals surface area contributed by atoms with Crippen LogP contribution >= 0.6 is 11.3 Å². The van der Waals surface area contributed by atoms with Gasteiger partial charge in [-0.3, -0.25) is 4.79 Å². The van der Waals surface area contributed by atoms with Gasteiger partial charge in [0.25, 0.3) is 0 Å². The van der Waals surface area contributed by atoms with Crippen LogP contribution in [0.25, 0.3) is 11.5 Å². The number of piperazine rings is 1. The Morgan fingerprint density at radius 3 is 2.86 bits per heavy atom. The predicted octanol–water partition coefficient (Wildman–Crippen LogP) is 1.81. The number of thiophene rings is 1. The quantitative estimate of drug-likeness (QED) is 0.518. The number of aromatic amines is 1. The monoisotopic (exact) mass is 492 g/mol. The predicted molar refractivity (Wildman–Crippen MR) is 130 cm³/mol. The number of hydrogen-bond donors (Lipinski definition) is 2. The number of nitrogens with one attached hydrogen (secondary N) is 1. The molecule has 1 saturated heterocycles. The Bertz CT molecular complexity index is 1410. The van der Waals surface area contributed by atoms with E-state index in [-0.39, 0.29) is 11.7 Å². The van der Waals surface area contributed by atoms with Crippen molar-refractivity contribution in [2.45, 2.75) is 31.6 Å². The maximum atomic E-state index is 12.4. The first kappa shape index (κ1) is 22.8. The van der Waals surface area contributed by atoms with E-state index in [0.717, 1.165) is 29.7 Å². The van der Waals surface area contributed by atoms with Gasteiger partial charge in [-0.15, -0.1) is 11.3 Å². The molecule has 0 radical (unpaired) electrons. The number of hydrogen-bond acceptors (Lipinski definition) is 10. The second kappa shape index (κ2) is 8.66. The van der Waals surface area contributed by atoms with Crippen LogP contribution in [0.5, 0.6) is 0 Å². The van der Waals surface area contributed by atoms with E-state index in [9.17, 15) is 14.9 Å². The van der Waals surface area contributed by atoms with Crippen LogP contribution in [-0.4, -0.2) is 57.1 Å². The highest BCUT2D eigenvalue weighted by Crippen LogP contribution is 2.48. The summed E-state index contributed by atoms with van der Waals surface area (Å²) in [4.78, 5) is 40.3. The normalized spacial score (nSPS) is 19.8. The topological polar surface area (TPSA) is 158 Å². The summed E-state index contributed by atoms with van der Waals surface area (Å²) >= 11 is 1.44. The van der Waals surface area contributed by atoms with Crippen LogP contribution in [0.4, 0.5) is 10.8 Å². The van der Waals surface area contributed by atoms with Crippen molar-refractivity contribution in [3.05, 3.63) is 51.1 Å². The molecule has 1 fully saturated rings. The number of fused-ring (bicyclic) bond motifs is 1. The molecular formula is C23H24N8O3S. The molecule has 4 heterocycles. The second-order valence-electron chi connectivity index (χ2n) is 8.83. The van der Waals surface area contributed by atoms with Crippen LogP contribution in [0.3, 0.4) is 0 Å². The molecule has 180 valence electrons. The lowest BCUT2D eigenvalue weighted by molar-refractivity contribution is -0.126. The summed E-state index contributed by atoms with van der Waals surface area (Å²) in [5.74, 6) is 0.967. The van der Waals surface area contributed by atoms with Crippen LogP contribution in [0.15, 0.2) is 28.0 Å². The van der Waals surface area contributed by atoms with Crippen LogP contribution in [-0.2, 0) is 16.6 Å². The lowest BCUT2D eigenvalue weighted by atomic mass is 9.72. The molecule has 2 aliphatic rings. The molecule has 0 unspecified atom stereocenters. The minimum Gasteiger partial charge on any atom is -0.389 e. The number of aromatic nitrogens is 4. The van der Waals surface area contributed by atoms with Gasteiger partial charge in [-0.25, -0.2) is 4.79 Å². The maximum absolute atomic E-state index is 12.4. The van der Waals surface area contributed by atoms with E-state index < -0.39 is 11.1 Å². The highest BCUT2D eigenvalue weighted by molar-refractivity contribution is 7.16. The van der Waals surface area contributed by atoms with Crippen molar-refractivity contribution in [3.8, 4) is 17.6 Å². The van der Waals surface area contributed by atoms with Crippen molar-refractivity contribution >= 4 is 28.1 Å². The first-order valence-corrected chi connectivity index (χ1v) is 12.1. The highest BCUT2D eigenvalue weighted by atomic mass is 32.1. The number of nitrogens with two attached hydrogens (primary N) is 1. The molecule has 11 nitrogen and oxygen atoms in total. The number of carbonyl (C=O) groups excluding carboxylic acids is 1. The molecule has 0 spiro atoms. The number of nitriles is 1. The Morgan fingerprint density at radius 1 is 1.37 bits per heavy atom. The van der Waals surface area contributed by atoms with Gasteiger partial charge in [0.2, 0.25) is 17.6 Å².